The maximum atomic E-state index is 13.4. The third kappa shape index (κ3) is 4.26. The van der Waals surface area contributed by atoms with Gasteiger partial charge >= 0.3 is 0 Å². The number of benzene rings is 1. The van der Waals surface area contributed by atoms with E-state index in [1.807, 2.05) is 0 Å². The molecule has 2 nitrogen and oxygen atoms in total. The zero-order valence-corrected chi connectivity index (χ0v) is 13.0. The first-order valence-electron chi connectivity index (χ1n) is 7.09. The molecule has 1 heterocycles. The van der Waals surface area contributed by atoms with Gasteiger partial charge in [0.1, 0.15) is 5.82 Å². The lowest BCUT2D eigenvalue weighted by Gasteiger charge is -2.34. The Hall–Kier alpha value is -0.450. The van der Waals surface area contributed by atoms with Gasteiger partial charge in [0.25, 0.3) is 0 Å². The molecule has 2 rings (SSSR count). The van der Waals surface area contributed by atoms with Gasteiger partial charge in [-0.25, -0.2) is 4.39 Å². The van der Waals surface area contributed by atoms with Crippen LogP contribution in [0, 0.1) is 5.82 Å². The van der Waals surface area contributed by atoms with E-state index in [4.69, 9.17) is 0 Å². The predicted molar refractivity (Wildman–Crippen MR) is 80.7 cm³/mol. The van der Waals surface area contributed by atoms with E-state index in [9.17, 15) is 4.39 Å². The summed E-state index contributed by atoms with van der Waals surface area (Å²) in [5, 5.41) is 3.46. The van der Waals surface area contributed by atoms with Crippen molar-refractivity contribution >= 4 is 15.9 Å². The molecule has 0 bridgehead atoms. The summed E-state index contributed by atoms with van der Waals surface area (Å²) in [5.41, 5.74) is 1.04. The van der Waals surface area contributed by atoms with E-state index >= 15 is 0 Å². The quantitative estimate of drug-likeness (QED) is 0.889. The average molecular weight is 329 g/mol. The van der Waals surface area contributed by atoms with Crippen molar-refractivity contribution in [1.29, 1.82) is 0 Å². The summed E-state index contributed by atoms with van der Waals surface area (Å²) < 4.78 is 14.4. The molecule has 1 unspecified atom stereocenters. The zero-order chi connectivity index (χ0) is 13.7. The number of nitrogens with one attached hydrogen (secondary N) is 1. The first kappa shape index (κ1) is 14.9. The van der Waals surface area contributed by atoms with Crippen LogP contribution in [0.4, 0.5) is 4.39 Å². The molecule has 0 spiro atoms. The van der Waals surface area contributed by atoms with Gasteiger partial charge in [-0.15, -0.1) is 0 Å². The molecule has 1 saturated heterocycles. The predicted octanol–water partition coefficient (Wildman–Crippen LogP) is 3.55. The van der Waals surface area contributed by atoms with Gasteiger partial charge in [0.2, 0.25) is 0 Å². The first-order chi connectivity index (χ1) is 9.20. The van der Waals surface area contributed by atoms with Crippen LogP contribution < -0.4 is 5.32 Å². The van der Waals surface area contributed by atoms with Gasteiger partial charge < -0.3 is 5.32 Å². The molecule has 1 fully saturated rings. The summed E-state index contributed by atoms with van der Waals surface area (Å²) in [5.74, 6) is -0.156. The fourth-order valence-corrected chi connectivity index (χ4v) is 3.08. The summed E-state index contributed by atoms with van der Waals surface area (Å²) in [6.07, 6.45) is 3.60. The number of piperidine rings is 1. The van der Waals surface area contributed by atoms with Gasteiger partial charge in [0.15, 0.2) is 0 Å². The van der Waals surface area contributed by atoms with Gasteiger partial charge in [-0.2, -0.15) is 0 Å². The first-order valence-corrected chi connectivity index (χ1v) is 7.88. The van der Waals surface area contributed by atoms with Crippen LogP contribution in [0.25, 0.3) is 0 Å². The minimum Gasteiger partial charge on any atom is -0.315 e. The van der Waals surface area contributed by atoms with E-state index in [1.165, 1.54) is 18.9 Å². The lowest BCUT2D eigenvalue weighted by Crippen LogP contribution is -2.45. The fourth-order valence-electron chi connectivity index (χ4n) is 2.71. The standard InChI is InChI=1S/C15H22BrFN2/c1-2-8-19(14-4-3-7-18-10-14)11-12-9-13(17)5-6-15(12)16/h5-6,9,14,18H,2-4,7-8,10-11H2,1H3. The number of halogens is 2. The Morgan fingerprint density at radius 1 is 1.47 bits per heavy atom. The molecule has 106 valence electrons. The van der Waals surface area contributed by atoms with Gasteiger partial charge in [-0.1, -0.05) is 22.9 Å². The second kappa shape index (κ2) is 7.36. The molecule has 1 aromatic carbocycles. The smallest absolute Gasteiger partial charge is 0.123 e. The Bertz CT molecular complexity index is 405. The van der Waals surface area contributed by atoms with Crippen molar-refractivity contribution in [1.82, 2.24) is 10.2 Å². The summed E-state index contributed by atoms with van der Waals surface area (Å²) >= 11 is 3.53. The molecule has 19 heavy (non-hydrogen) atoms. The second-order valence-corrected chi connectivity index (χ2v) is 6.06. The Morgan fingerprint density at radius 3 is 3.00 bits per heavy atom. The lowest BCUT2D eigenvalue weighted by molar-refractivity contribution is 0.157. The van der Waals surface area contributed by atoms with Crippen LogP contribution in [0.1, 0.15) is 31.7 Å². The fraction of sp³-hybridized carbons (Fsp3) is 0.600. The van der Waals surface area contributed by atoms with Crippen molar-refractivity contribution in [2.24, 2.45) is 0 Å². The van der Waals surface area contributed by atoms with Crippen molar-refractivity contribution in [2.75, 3.05) is 19.6 Å². The van der Waals surface area contributed by atoms with Crippen LogP contribution >= 0.6 is 15.9 Å². The van der Waals surface area contributed by atoms with Crippen LogP contribution in [0.5, 0.6) is 0 Å². The van der Waals surface area contributed by atoms with E-state index in [0.717, 1.165) is 42.6 Å². The van der Waals surface area contributed by atoms with Gasteiger partial charge in [0, 0.05) is 23.6 Å². The highest BCUT2D eigenvalue weighted by molar-refractivity contribution is 9.10. The largest absolute Gasteiger partial charge is 0.315 e. The summed E-state index contributed by atoms with van der Waals surface area (Å²) in [4.78, 5) is 2.48. The Morgan fingerprint density at radius 2 is 2.32 bits per heavy atom. The monoisotopic (exact) mass is 328 g/mol. The molecule has 1 aromatic rings. The van der Waals surface area contributed by atoms with Crippen molar-refractivity contribution in [3.8, 4) is 0 Å². The van der Waals surface area contributed by atoms with Crippen LogP contribution in [0.2, 0.25) is 0 Å². The highest BCUT2D eigenvalue weighted by Crippen LogP contribution is 2.22. The maximum absolute atomic E-state index is 13.4. The number of nitrogens with zero attached hydrogens (tertiary/aromatic N) is 1. The van der Waals surface area contributed by atoms with Crippen molar-refractivity contribution in [3.05, 3.63) is 34.1 Å². The lowest BCUT2D eigenvalue weighted by atomic mass is 10.0. The highest BCUT2D eigenvalue weighted by Gasteiger charge is 2.21. The summed E-state index contributed by atoms with van der Waals surface area (Å²) in [7, 11) is 0. The molecule has 1 aliphatic rings. The Balaban J connectivity index is 2.08. The third-order valence-corrected chi connectivity index (χ3v) is 4.45. The molecule has 0 amide bonds. The van der Waals surface area contributed by atoms with Crippen LogP contribution in [-0.2, 0) is 6.54 Å². The molecule has 0 radical (unpaired) electrons. The maximum Gasteiger partial charge on any atom is 0.123 e. The van der Waals surface area contributed by atoms with Crippen LogP contribution in [0.15, 0.2) is 22.7 Å². The molecule has 4 heteroatoms. The van der Waals surface area contributed by atoms with E-state index in [2.05, 4.69) is 33.1 Å². The SMILES string of the molecule is CCCN(Cc1cc(F)ccc1Br)C1CCCNC1. The molecular weight excluding hydrogens is 307 g/mol. The second-order valence-electron chi connectivity index (χ2n) is 5.21. The minimum atomic E-state index is -0.156. The van der Waals surface area contributed by atoms with Gasteiger partial charge in [0.05, 0.1) is 0 Å². The normalized spacial score (nSPS) is 19.9. The van der Waals surface area contributed by atoms with Crippen molar-refractivity contribution in [2.45, 2.75) is 38.8 Å². The Labute approximate surface area is 123 Å². The highest BCUT2D eigenvalue weighted by atomic mass is 79.9. The minimum absolute atomic E-state index is 0.156. The summed E-state index contributed by atoms with van der Waals surface area (Å²) in [6.45, 7) is 6.25. The number of hydrogen-bond acceptors (Lipinski definition) is 2. The number of hydrogen-bond donors (Lipinski definition) is 1. The van der Waals surface area contributed by atoms with Crippen LogP contribution in [-0.4, -0.2) is 30.6 Å². The third-order valence-electron chi connectivity index (χ3n) is 3.68. The van der Waals surface area contributed by atoms with Crippen LogP contribution in [0.3, 0.4) is 0 Å². The molecule has 1 aliphatic heterocycles. The topological polar surface area (TPSA) is 15.3 Å². The number of rotatable bonds is 5. The summed E-state index contributed by atoms with van der Waals surface area (Å²) in [6, 6.07) is 5.51. The zero-order valence-electron chi connectivity index (χ0n) is 11.5. The van der Waals surface area contributed by atoms with Crippen molar-refractivity contribution in [3.63, 3.8) is 0 Å². The molecule has 0 aliphatic carbocycles. The van der Waals surface area contributed by atoms with Gasteiger partial charge in [-0.3, -0.25) is 4.90 Å². The molecule has 1 atom stereocenters. The van der Waals surface area contributed by atoms with E-state index < -0.39 is 0 Å². The van der Waals surface area contributed by atoms with E-state index in [0.29, 0.717) is 6.04 Å². The van der Waals surface area contributed by atoms with Gasteiger partial charge in [-0.05, 0) is 56.1 Å². The molecule has 0 saturated carbocycles. The molecule has 1 N–H and O–H groups in total. The van der Waals surface area contributed by atoms with Crippen molar-refractivity contribution < 1.29 is 4.39 Å². The molecule has 0 aromatic heterocycles. The van der Waals surface area contributed by atoms with E-state index in [-0.39, 0.29) is 5.82 Å². The Kier molecular flexibility index (Phi) is 5.79. The average Bonchev–Trinajstić information content (AvgIpc) is 2.43. The molecular formula is C15H22BrFN2. The van der Waals surface area contributed by atoms with E-state index in [1.54, 1.807) is 12.1 Å².